The van der Waals surface area contributed by atoms with E-state index in [1.165, 1.54) is 0 Å². The Hall–Kier alpha value is -0.770. The number of benzene rings is 1. The molecule has 1 heterocycles. The normalized spacial score (nSPS) is 19.4. The van der Waals surface area contributed by atoms with E-state index in [0.717, 1.165) is 5.56 Å². The summed E-state index contributed by atoms with van der Waals surface area (Å²) in [4.78, 5) is 11.5. The molecule has 5 heteroatoms. The summed E-state index contributed by atoms with van der Waals surface area (Å²) in [5.41, 5.74) is 1.45. The maximum Gasteiger partial charge on any atom is 0.246 e. The molecule has 0 bridgehead atoms. The van der Waals surface area contributed by atoms with Crippen LogP contribution in [0.15, 0.2) is 12.1 Å². The highest BCUT2D eigenvalue weighted by molar-refractivity contribution is 6.37. The second-order valence-corrected chi connectivity index (χ2v) is 3.91. The Bertz CT molecular complexity index is 406. The van der Waals surface area contributed by atoms with Crippen LogP contribution in [0.3, 0.4) is 0 Å². The zero-order valence-corrected chi connectivity index (χ0v) is 8.91. The van der Waals surface area contributed by atoms with Gasteiger partial charge >= 0.3 is 0 Å². The van der Waals surface area contributed by atoms with Gasteiger partial charge in [0.1, 0.15) is 6.04 Å². The number of anilines is 1. The van der Waals surface area contributed by atoms with Crippen molar-refractivity contribution in [1.82, 2.24) is 5.32 Å². The van der Waals surface area contributed by atoms with E-state index in [9.17, 15) is 4.79 Å². The minimum absolute atomic E-state index is 0.105. The molecular formula is C9H8Cl2N2O. The Kier molecular flexibility index (Phi) is 2.39. The van der Waals surface area contributed by atoms with Crippen LogP contribution in [-0.4, -0.2) is 13.0 Å². The molecular weight excluding hydrogens is 223 g/mol. The SMILES string of the molecule is CNC1C(=O)Nc2c(Cl)cc(Cl)cc21. The molecule has 1 aliphatic rings. The van der Waals surface area contributed by atoms with Crippen LogP contribution in [0, 0.1) is 0 Å². The molecule has 1 aromatic carbocycles. The summed E-state index contributed by atoms with van der Waals surface area (Å²) >= 11 is 11.8. The summed E-state index contributed by atoms with van der Waals surface area (Å²) in [5.74, 6) is -0.105. The minimum atomic E-state index is -0.360. The number of halogens is 2. The van der Waals surface area contributed by atoms with E-state index < -0.39 is 0 Å². The highest BCUT2D eigenvalue weighted by atomic mass is 35.5. The molecule has 0 saturated carbocycles. The third kappa shape index (κ3) is 1.38. The zero-order chi connectivity index (χ0) is 10.3. The molecule has 0 fully saturated rings. The van der Waals surface area contributed by atoms with E-state index in [1.807, 2.05) is 0 Å². The number of hydrogen-bond donors (Lipinski definition) is 2. The first kappa shape index (κ1) is 9.77. The molecule has 14 heavy (non-hydrogen) atoms. The largest absolute Gasteiger partial charge is 0.323 e. The lowest BCUT2D eigenvalue weighted by molar-refractivity contribution is -0.117. The maximum atomic E-state index is 11.5. The van der Waals surface area contributed by atoms with Crippen LogP contribution in [-0.2, 0) is 4.79 Å². The Morgan fingerprint density at radius 1 is 1.43 bits per heavy atom. The van der Waals surface area contributed by atoms with Gasteiger partial charge in [-0.25, -0.2) is 0 Å². The molecule has 1 amide bonds. The molecule has 2 N–H and O–H groups in total. The van der Waals surface area contributed by atoms with Gasteiger partial charge in [0, 0.05) is 10.6 Å². The fourth-order valence-electron chi connectivity index (χ4n) is 1.58. The smallest absolute Gasteiger partial charge is 0.246 e. The Morgan fingerprint density at radius 2 is 2.14 bits per heavy atom. The van der Waals surface area contributed by atoms with E-state index in [4.69, 9.17) is 23.2 Å². The summed E-state index contributed by atoms with van der Waals surface area (Å²) in [6, 6.07) is 2.99. The monoisotopic (exact) mass is 230 g/mol. The van der Waals surface area contributed by atoms with E-state index in [-0.39, 0.29) is 11.9 Å². The van der Waals surface area contributed by atoms with Crippen molar-refractivity contribution < 1.29 is 4.79 Å². The van der Waals surface area contributed by atoms with Gasteiger partial charge in [0.2, 0.25) is 5.91 Å². The molecule has 2 rings (SSSR count). The highest BCUT2D eigenvalue weighted by Gasteiger charge is 2.30. The molecule has 1 aromatic rings. The summed E-state index contributed by atoms with van der Waals surface area (Å²) < 4.78 is 0. The van der Waals surface area contributed by atoms with Crippen molar-refractivity contribution in [3.8, 4) is 0 Å². The molecule has 0 aliphatic carbocycles. The number of rotatable bonds is 1. The van der Waals surface area contributed by atoms with Crippen LogP contribution in [0.25, 0.3) is 0 Å². The molecule has 0 spiro atoms. The van der Waals surface area contributed by atoms with Crippen molar-refractivity contribution >= 4 is 34.8 Å². The molecule has 0 saturated heterocycles. The van der Waals surface area contributed by atoms with Gasteiger partial charge < -0.3 is 10.6 Å². The van der Waals surface area contributed by atoms with E-state index in [1.54, 1.807) is 19.2 Å². The van der Waals surface area contributed by atoms with Crippen LogP contribution in [0.1, 0.15) is 11.6 Å². The number of carbonyl (C=O) groups is 1. The van der Waals surface area contributed by atoms with E-state index >= 15 is 0 Å². The van der Waals surface area contributed by atoms with Crippen molar-refractivity contribution in [2.24, 2.45) is 0 Å². The van der Waals surface area contributed by atoms with Crippen molar-refractivity contribution in [2.45, 2.75) is 6.04 Å². The third-order valence-electron chi connectivity index (χ3n) is 2.20. The Labute approximate surface area is 91.4 Å². The second kappa shape index (κ2) is 3.42. The molecule has 1 atom stereocenters. The van der Waals surface area contributed by atoms with Gasteiger partial charge in [-0.3, -0.25) is 4.79 Å². The lowest BCUT2D eigenvalue weighted by atomic mass is 10.1. The standard InChI is InChI=1S/C9H8Cl2N2O/c1-12-8-5-2-4(10)3-6(11)7(5)13-9(8)14/h2-3,8,12H,1H3,(H,13,14). The van der Waals surface area contributed by atoms with Gasteiger partial charge in [-0.05, 0) is 19.2 Å². The first-order chi connectivity index (χ1) is 6.63. The first-order valence-corrected chi connectivity index (χ1v) is 4.86. The lowest BCUT2D eigenvalue weighted by Crippen LogP contribution is -2.23. The number of fused-ring (bicyclic) bond motifs is 1. The van der Waals surface area contributed by atoms with Crippen LogP contribution in [0.4, 0.5) is 5.69 Å². The summed E-state index contributed by atoms with van der Waals surface area (Å²) in [6.45, 7) is 0. The zero-order valence-electron chi connectivity index (χ0n) is 7.40. The molecule has 1 aliphatic heterocycles. The highest BCUT2D eigenvalue weighted by Crippen LogP contribution is 2.38. The summed E-state index contributed by atoms with van der Waals surface area (Å²) in [6.07, 6.45) is 0. The van der Waals surface area contributed by atoms with Gasteiger partial charge in [0.15, 0.2) is 0 Å². The number of carbonyl (C=O) groups excluding carboxylic acids is 1. The average molecular weight is 231 g/mol. The van der Waals surface area contributed by atoms with Crippen molar-refractivity contribution in [3.63, 3.8) is 0 Å². The third-order valence-corrected chi connectivity index (χ3v) is 2.71. The van der Waals surface area contributed by atoms with Crippen LogP contribution in [0.5, 0.6) is 0 Å². The van der Waals surface area contributed by atoms with Crippen LogP contribution in [0.2, 0.25) is 10.0 Å². The lowest BCUT2D eigenvalue weighted by Gasteiger charge is -2.06. The van der Waals surface area contributed by atoms with Gasteiger partial charge in [-0.2, -0.15) is 0 Å². The van der Waals surface area contributed by atoms with Gasteiger partial charge in [-0.15, -0.1) is 0 Å². The van der Waals surface area contributed by atoms with Crippen LogP contribution < -0.4 is 10.6 Å². The average Bonchev–Trinajstić information content (AvgIpc) is 2.41. The maximum absolute atomic E-state index is 11.5. The minimum Gasteiger partial charge on any atom is -0.323 e. The van der Waals surface area contributed by atoms with Crippen molar-refractivity contribution in [2.75, 3.05) is 12.4 Å². The quantitative estimate of drug-likeness (QED) is 0.777. The topological polar surface area (TPSA) is 41.1 Å². The van der Waals surface area contributed by atoms with E-state index in [0.29, 0.717) is 15.7 Å². The predicted octanol–water partition coefficient (Wildman–Crippen LogP) is 2.21. The summed E-state index contributed by atoms with van der Waals surface area (Å²) in [5, 5.41) is 6.60. The fourth-order valence-corrected chi connectivity index (χ4v) is 2.13. The van der Waals surface area contributed by atoms with Crippen LogP contribution >= 0.6 is 23.2 Å². The molecule has 0 aromatic heterocycles. The fraction of sp³-hybridized carbons (Fsp3) is 0.222. The number of nitrogens with one attached hydrogen (secondary N) is 2. The first-order valence-electron chi connectivity index (χ1n) is 4.10. The number of likely N-dealkylation sites (N-methyl/N-ethyl adjacent to an activating group) is 1. The predicted molar refractivity (Wildman–Crippen MR) is 56.9 cm³/mol. The van der Waals surface area contributed by atoms with Gasteiger partial charge in [-0.1, -0.05) is 23.2 Å². The van der Waals surface area contributed by atoms with Crippen molar-refractivity contribution in [1.29, 1.82) is 0 Å². The molecule has 1 unspecified atom stereocenters. The van der Waals surface area contributed by atoms with E-state index in [2.05, 4.69) is 10.6 Å². The molecule has 3 nitrogen and oxygen atoms in total. The summed E-state index contributed by atoms with van der Waals surface area (Å²) in [7, 11) is 1.72. The van der Waals surface area contributed by atoms with Gasteiger partial charge in [0.25, 0.3) is 0 Å². The molecule has 74 valence electrons. The number of hydrogen-bond acceptors (Lipinski definition) is 2. The Balaban J connectivity index is 2.58. The van der Waals surface area contributed by atoms with Gasteiger partial charge in [0.05, 0.1) is 10.7 Å². The van der Waals surface area contributed by atoms with Crippen molar-refractivity contribution in [3.05, 3.63) is 27.7 Å². The molecule has 0 radical (unpaired) electrons. The second-order valence-electron chi connectivity index (χ2n) is 3.06. The number of amides is 1. The Morgan fingerprint density at radius 3 is 2.79 bits per heavy atom.